The smallest absolute Gasteiger partial charge is 0.323 e. The van der Waals surface area contributed by atoms with Crippen LogP contribution in [0.3, 0.4) is 0 Å². The number of carbonyl (C=O) groups excluding carboxylic acids is 2. The van der Waals surface area contributed by atoms with Gasteiger partial charge in [-0.15, -0.1) is 11.8 Å². The molecule has 5 nitrogen and oxygen atoms in total. The average molecular weight is 302 g/mol. The first kappa shape index (κ1) is 17.3. The molecule has 0 saturated heterocycles. The molecule has 0 aromatic rings. The van der Waals surface area contributed by atoms with Gasteiger partial charge in [-0.1, -0.05) is 19.3 Å². The minimum Gasteiger partial charge on any atom is -0.468 e. The van der Waals surface area contributed by atoms with Crippen molar-refractivity contribution in [2.45, 2.75) is 51.1 Å². The van der Waals surface area contributed by atoms with Crippen molar-refractivity contribution in [1.29, 1.82) is 0 Å². The molecule has 1 aliphatic carbocycles. The maximum atomic E-state index is 12.2. The zero-order valence-electron chi connectivity index (χ0n) is 12.5. The summed E-state index contributed by atoms with van der Waals surface area (Å²) in [5, 5.41) is 0. The number of carbonyl (C=O) groups is 2. The van der Waals surface area contributed by atoms with Crippen LogP contribution >= 0.6 is 11.8 Å². The van der Waals surface area contributed by atoms with E-state index in [2.05, 4.69) is 4.74 Å². The number of nitrogens with two attached hydrogens (primary N) is 1. The molecule has 1 rings (SSSR count). The van der Waals surface area contributed by atoms with Crippen molar-refractivity contribution in [3.8, 4) is 0 Å². The summed E-state index contributed by atoms with van der Waals surface area (Å²) in [5.74, 6) is 0.529. The number of rotatable bonds is 7. The summed E-state index contributed by atoms with van der Waals surface area (Å²) in [6, 6.07) is -0.251. The van der Waals surface area contributed by atoms with Gasteiger partial charge < -0.3 is 15.4 Å². The Morgan fingerprint density at radius 2 is 2.00 bits per heavy atom. The van der Waals surface area contributed by atoms with Gasteiger partial charge in [0.05, 0.1) is 12.9 Å². The molecule has 1 aliphatic rings. The van der Waals surface area contributed by atoms with Crippen molar-refractivity contribution >= 4 is 23.6 Å². The quantitative estimate of drug-likeness (QED) is 0.720. The first-order valence-electron chi connectivity index (χ1n) is 7.30. The number of hydrogen-bond acceptors (Lipinski definition) is 5. The van der Waals surface area contributed by atoms with E-state index in [9.17, 15) is 9.59 Å². The summed E-state index contributed by atoms with van der Waals surface area (Å²) in [5.41, 5.74) is 5.65. The molecule has 1 saturated carbocycles. The zero-order chi connectivity index (χ0) is 15.0. The Bertz CT molecular complexity index is 320. The minimum absolute atomic E-state index is 0.154. The molecule has 0 aromatic carbocycles. The molecule has 0 radical (unpaired) electrons. The molecule has 20 heavy (non-hydrogen) atoms. The number of hydrogen-bond donors (Lipinski definition) is 1. The second-order valence-electron chi connectivity index (χ2n) is 5.12. The van der Waals surface area contributed by atoms with Gasteiger partial charge >= 0.3 is 5.97 Å². The topological polar surface area (TPSA) is 72.6 Å². The van der Waals surface area contributed by atoms with Crippen LogP contribution in [0.15, 0.2) is 0 Å². The molecule has 0 bridgehead atoms. The Morgan fingerprint density at radius 1 is 1.35 bits per heavy atom. The van der Waals surface area contributed by atoms with Crippen molar-refractivity contribution in [3.63, 3.8) is 0 Å². The summed E-state index contributed by atoms with van der Waals surface area (Å²) in [6.07, 6.45) is 5.95. The van der Waals surface area contributed by atoms with E-state index >= 15 is 0 Å². The van der Waals surface area contributed by atoms with Crippen LogP contribution < -0.4 is 5.73 Å². The standard InChI is InChI=1S/C14H26N2O3S/c1-3-16(11-7-5-4-6-8-11)13(17)10-20-9-12(15)14(18)19-2/h11-12H,3-10,15H2,1-2H3. The third-order valence-electron chi connectivity index (χ3n) is 3.70. The first-order valence-corrected chi connectivity index (χ1v) is 8.46. The summed E-state index contributed by atoms with van der Waals surface area (Å²) in [7, 11) is 1.32. The molecular weight excluding hydrogens is 276 g/mol. The summed E-state index contributed by atoms with van der Waals surface area (Å²) in [6.45, 7) is 2.78. The lowest BCUT2D eigenvalue weighted by Crippen LogP contribution is -2.42. The van der Waals surface area contributed by atoms with E-state index in [0.29, 0.717) is 17.5 Å². The van der Waals surface area contributed by atoms with E-state index in [1.54, 1.807) is 0 Å². The molecular formula is C14H26N2O3S. The van der Waals surface area contributed by atoms with Gasteiger partial charge in [-0.2, -0.15) is 0 Å². The molecule has 116 valence electrons. The van der Waals surface area contributed by atoms with Gasteiger partial charge in [0.15, 0.2) is 0 Å². The largest absolute Gasteiger partial charge is 0.468 e. The second-order valence-corrected chi connectivity index (χ2v) is 6.15. The lowest BCUT2D eigenvalue weighted by Gasteiger charge is -2.33. The summed E-state index contributed by atoms with van der Waals surface area (Å²) < 4.78 is 4.56. The minimum atomic E-state index is -0.650. The number of amides is 1. The highest BCUT2D eigenvalue weighted by atomic mass is 32.2. The molecule has 1 amide bonds. The molecule has 6 heteroatoms. The van der Waals surface area contributed by atoms with Crippen LogP contribution in [0.2, 0.25) is 0 Å². The highest BCUT2D eigenvalue weighted by molar-refractivity contribution is 8.00. The molecule has 0 aromatic heterocycles. The number of methoxy groups -OCH3 is 1. The van der Waals surface area contributed by atoms with E-state index in [4.69, 9.17) is 5.73 Å². The van der Waals surface area contributed by atoms with Gasteiger partial charge in [-0.3, -0.25) is 9.59 Å². The fourth-order valence-electron chi connectivity index (χ4n) is 2.61. The molecule has 0 spiro atoms. The Balaban J connectivity index is 2.34. The molecule has 1 fully saturated rings. The molecule has 2 N–H and O–H groups in total. The van der Waals surface area contributed by atoms with Gasteiger partial charge in [0.25, 0.3) is 0 Å². The maximum absolute atomic E-state index is 12.2. The number of thioether (sulfide) groups is 1. The fraction of sp³-hybridized carbons (Fsp3) is 0.857. The lowest BCUT2D eigenvalue weighted by atomic mass is 9.94. The average Bonchev–Trinajstić information content (AvgIpc) is 2.48. The van der Waals surface area contributed by atoms with Crippen molar-refractivity contribution in [1.82, 2.24) is 4.90 Å². The van der Waals surface area contributed by atoms with Crippen LogP contribution in [0.4, 0.5) is 0 Å². The van der Waals surface area contributed by atoms with E-state index in [1.165, 1.54) is 38.1 Å². The summed E-state index contributed by atoms with van der Waals surface area (Å²) in [4.78, 5) is 25.4. The zero-order valence-corrected chi connectivity index (χ0v) is 13.3. The molecule has 0 aliphatic heterocycles. The van der Waals surface area contributed by atoms with Gasteiger partial charge in [-0.25, -0.2) is 0 Å². The summed E-state index contributed by atoms with van der Waals surface area (Å²) >= 11 is 1.40. The van der Waals surface area contributed by atoms with Crippen LogP contribution in [0.1, 0.15) is 39.0 Å². The van der Waals surface area contributed by atoms with Crippen LogP contribution in [-0.4, -0.2) is 54.0 Å². The van der Waals surface area contributed by atoms with E-state index in [1.807, 2.05) is 11.8 Å². The number of esters is 1. The van der Waals surface area contributed by atoms with Crippen LogP contribution in [0.5, 0.6) is 0 Å². The lowest BCUT2D eigenvalue weighted by molar-refractivity contribution is -0.141. The van der Waals surface area contributed by atoms with E-state index in [0.717, 1.165) is 19.4 Å². The van der Waals surface area contributed by atoms with E-state index < -0.39 is 12.0 Å². The van der Waals surface area contributed by atoms with Gasteiger partial charge in [0, 0.05) is 18.3 Å². The van der Waals surface area contributed by atoms with Crippen molar-refractivity contribution in [2.24, 2.45) is 5.73 Å². The SMILES string of the molecule is CCN(C(=O)CSCC(N)C(=O)OC)C1CCCCC1. The van der Waals surface area contributed by atoms with Crippen LogP contribution in [-0.2, 0) is 14.3 Å². The van der Waals surface area contributed by atoms with Crippen molar-refractivity contribution < 1.29 is 14.3 Å². The van der Waals surface area contributed by atoms with Gasteiger partial charge in [0.2, 0.25) is 5.91 Å². The Hall–Kier alpha value is -0.750. The van der Waals surface area contributed by atoms with Crippen LogP contribution in [0, 0.1) is 0 Å². The third-order valence-corrected chi connectivity index (χ3v) is 4.75. The molecule has 1 atom stereocenters. The predicted octanol–water partition coefficient (Wildman–Crippen LogP) is 1.40. The van der Waals surface area contributed by atoms with Crippen molar-refractivity contribution in [2.75, 3.05) is 25.2 Å². The molecule has 0 heterocycles. The van der Waals surface area contributed by atoms with E-state index in [-0.39, 0.29) is 5.91 Å². The normalized spacial score (nSPS) is 17.6. The van der Waals surface area contributed by atoms with Crippen LogP contribution in [0.25, 0.3) is 0 Å². The van der Waals surface area contributed by atoms with Gasteiger partial charge in [0.1, 0.15) is 6.04 Å². The number of nitrogens with zero attached hydrogens (tertiary/aromatic N) is 1. The number of ether oxygens (including phenoxy) is 1. The fourth-order valence-corrected chi connectivity index (χ4v) is 3.45. The highest BCUT2D eigenvalue weighted by Crippen LogP contribution is 2.23. The Kier molecular flexibility index (Phi) is 7.99. The maximum Gasteiger partial charge on any atom is 0.323 e. The predicted molar refractivity (Wildman–Crippen MR) is 81.6 cm³/mol. The Labute approximate surface area is 125 Å². The van der Waals surface area contributed by atoms with Crippen molar-refractivity contribution in [3.05, 3.63) is 0 Å². The highest BCUT2D eigenvalue weighted by Gasteiger charge is 2.24. The monoisotopic (exact) mass is 302 g/mol. The second kappa shape index (κ2) is 9.23. The van der Waals surface area contributed by atoms with Gasteiger partial charge in [-0.05, 0) is 19.8 Å². The third kappa shape index (κ3) is 5.32. The first-order chi connectivity index (χ1) is 9.60. The Morgan fingerprint density at radius 3 is 2.55 bits per heavy atom. The molecule has 1 unspecified atom stereocenters.